The van der Waals surface area contributed by atoms with Crippen molar-refractivity contribution in [2.75, 3.05) is 33.3 Å². The number of fused-ring (bicyclic) bond motifs is 1. The van der Waals surface area contributed by atoms with Gasteiger partial charge in [-0.25, -0.2) is 17.7 Å². The molecule has 1 aliphatic heterocycles. The van der Waals surface area contributed by atoms with Crippen molar-refractivity contribution in [1.29, 1.82) is 0 Å². The summed E-state index contributed by atoms with van der Waals surface area (Å²) in [6, 6.07) is 10.2. The van der Waals surface area contributed by atoms with E-state index in [0.29, 0.717) is 30.3 Å². The number of amides is 1. The van der Waals surface area contributed by atoms with E-state index in [-0.39, 0.29) is 23.2 Å². The van der Waals surface area contributed by atoms with Crippen molar-refractivity contribution in [3.63, 3.8) is 0 Å². The van der Waals surface area contributed by atoms with E-state index in [4.69, 9.17) is 9.47 Å². The maximum absolute atomic E-state index is 13.1. The van der Waals surface area contributed by atoms with Gasteiger partial charge in [-0.15, -0.1) is 11.3 Å². The van der Waals surface area contributed by atoms with Crippen LogP contribution in [0.1, 0.15) is 20.9 Å². The molecule has 11 heteroatoms. The lowest BCUT2D eigenvalue weighted by Crippen LogP contribution is -2.27. The molecular weight excluding hydrogens is 464 g/mol. The summed E-state index contributed by atoms with van der Waals surface area (Å²) in [4.78, 5) is 18.9. The van der Waals surface area contributed by atoms with E-state index in [2.05, 4.69) is 10.3 Å². The zero-order valence-corrected chi connectivity index (χ0v) is 20.1. The second kappa shape index (κ2) is 9.38. The Labute approximate surface area is 196 Å². The van der Waals surface area contributed by atoms with Gasteiger partial charge in [-0.3, -0.25) is 4.79 Å². The van der Waals surface area contributed by atoms with Crippen molar-refractivity contribution >= 4 is 33.0 Å². The minimum Gasteiger partial charge on any atom is -0.454 e. The number of benzene rings is 2. The lowest BCUT2D eigenvalue weighted by atomic mass is 10.1. The molecule has 1 amide bonds. The minimum atomic E-state index is -3.76. The zero-order valence-electron chi connectivity index (χ0n) is 18.4. The normalized spacial score (nSPS) is 12.7. The molecule has 0 bridgehead atoms. The van der Waals surface area contributed by atoms with Crippen molar-refractivity contribution in [2.24, 2.45) is 0 Å². The van der Waals surface area contributed by atoms with Gasteiger partial charge in [0.2, 0.25) is 16.8 Å². The van der Waals surface area contributed by atoms with Crippen LogP contribution >= 0.6 is 11.3 Å². The third-order valence-corrected chi connectivity index (χ3v) is 7.65. The largest absolute Gasteiger partial charge is 0.454 e. The number of hydrogen-bond acceptors (Lipinski definition) is 8. The highest BCUT2D eigenvalue weighted by molar-refractivity contribution is 7.89. The van der Waals surface area contributed by atoms with E-state index in [1.165, 1.54) is 42.5 Å². The minimum absolute atomic E-state index is 0.0290. The first-order valence-corrected chi connectivity index (χ1v) is 12.4. The van der Waals surface area contributed by atoms with Gasteiger partial charge in [0.25, 0.3) is 5.91 Å². The molecule has 1 aromatic heterocycles. The molecule has 0 unspecified atom stereocenters. The monoisotopic (exact) mass is 488 g/mol. The standard InChI is InChI=1S/C22H24N4O5S2/c1-25(2)33(28,29)18-10-16(22(27)26(3)13-20-23-7-8-32-20)9-17(11-18)24-12-15-5-4-6-19-21(15)31-14-30-19/h4-11,24H,12-14H2,1-3H3. The first-order valence-electron chi connectivity index (χ1n) is 10.1. The predicted molar refractivity (Wildman–Crippen MR) is 125 cm³/mol. The summed E-state index contributed by atoms with van der Waals surface area (Å²) in [6.07, 6.45) is 1.68. The van der Waals surface area contributed by atoms with Crippen LogP contribution in [0, 0.1) is 0 Å². The van der Waals surface area contributed by atoms with Crippen LogP contribution in [-0.4, -0.2) is 56.5 Å². The third kappa shape index (κ3) is 4.95. The molecule has 0 radical (unpaired) electrons. The Morgan fingerprint density at radius 1 is 1.18 bits per heavy atom. The van der Waals surface area contributed by atoms with Gasteiger partial charge < -0.3 is 19.7 Å². The van der Waals surface area contributed by atoms with Crippen molar-refractivity contribution in [3.05, 3.63) is 64.1 Å². The van der Waals surface area contributed by atoms with Crippen LogP contribution < -0.4 is 14.8 Å². The first kappa shape index (κ1) is 23.0. The number of thiazole rings is 1. The van der Waals surface area contributed by atoms with Crippen molar-refractivity contribution in [2.45, 2.75) is 18.0 Å². The number of carbonyl (C=O) groups is 1. The molecule has 174 valence electrons. The summed E-state index contributed by atoms with van der Waals surface area (Å²) in [5, 5.41) is 5.86. The zero-order chi connectivity index (χ0) is 23.6. The summed E-state index contributed by atoms with van der Waals surface area (Å²) >= 11 is 1.45. The second-order valence-corrected chi connectivity index (χ2v) is 10.8. The fraction of sp³-hybridized carbons (Fsp3) is 0.273. The van der Waals surface area contributed by atoms with Crippen molar-refractivity contribution in [1.82, 2.24) is 14.2 Å². The fourth-order valence-corrected chi connectivity index (χ4v) is 4.98. The Hall–Kier alpha value is -3.15. The number of nitrogens with one attached hydrogen (secondary N) is 1. The number of anilines is 1. The van der Waals surface area contributed by atoms with Crippen LogP contribution in [0.4, 0.5) is 5.69 Å². The molecule has 2 aromatic carbocycles. The molecule has 33 heavy (non-hydrogen) atoms. The Morgan fingerprint density at radius 3 is 2.73 bits per heavy atom. The molecule has 0 aliphatic carbocycles. The molecule has 9 nitrogen and oxygen atoms in total. The molecule has 3 aromatic rings. The lowest BCUT2D eigenvalue weighted by Gasteiger charge is -2.19. The Bertz CT molecular complexity index is 1260. The van der Waals surface area contributed by atoms with Crippen molar-refractivity contribution < 1.29 is 22.7 Å². The number of sulfonamides is 1. The van der Waals surface area contributed by atoms with E-state index in [1.54, 1.807) is 19.3 Å². The maximum Gasteiger partial charge on any atom is 0.254 e. The number of rotatable bonds is 8. The molecule has 2 heterocycles. The summed E-state index contributed by atoms with van der Waals surface area (Å²) < 4.78 is 37.8. The van der Waals surface area contributed by atoms with Gasteiger partial charge >= 0.3 is 0 Å². The Kier molecular flexibility index (Phi) is 6.54. The molecular formula is C22H24N4O5S2. The first-order chi connectivity index (χ1) is 15.8. The van der Waals surface area contributed by atoms with Crippen LogP contribution in [-0.2, 0) is 23.1 Å². The molecule has 0 fully saturated rings. The van der Waals surface area contributed by atoms with Crippen LogP contribution in [0.15, 0.2) is 52.9 Å². The highest BCUT2D eigenvalue weighted by Crippen LogP contribution is 2.35. The number of carbonyl (C=O) groups excluding carboxylic acids is 1. The average Bonchev–Trinajstić information content (AvgIpc) is 3.48. The SMILES string of the molecule is CN(Cc1nccs1)C(=O)c1cc(NCc2cccc3c2OCO3)cc(S(=O)(=O)N(C)C)c1. The number of nitrogens with zero attached hydrogens (tertiary/aromatic N) is 3. The van der Waals surface area contributed by atoms with E-state index in [0.717, 1.165) is 14.9 Å². The summed E-state index contributed by atoms with van der Waals surface area (Å²) in [5.74, 6) is 1.01. The molecule has 0 spiro atoms. The van der Waals surface area contributed by atoms with E-state index >= 15 is 0 Å². The second-order valence-electron chi connectivity index (χ2n) is 7.63. The smallest absolute Gasteiger partial charge is 0.254 e. The Balaban J connectivity index is 1.63. The summed E-state index contributed by atoms with van der Waals surface area (Å²) in [5.41, 5.74) is 1.62. The van der Waals surface area contributed by atoms with Crippen LogP contribution in [0.25, 0.3) is 0 Å². The van der Waals surface area contributed by atoms with Crippen LogP contribution in [0.5, 0.6) is 11.5 Å². The molecule has 0 atom stereocenters. The van der Waals surface area contributed by atoms with Gasteiger partial charge in [-0.2, -0.15) is 0 Å². The van der Waals surface area contributed by atoms with Gasteiger partial charge in [0.05, 0.1) is 11.4 Å². The highest BCUT2D eigenvalue weighted by atomic mass is 32.2. The molecule has 0 saturated heterocycles. The molecule has 4 rings (SSSR count). The number of aromatic nitrogens is 1. The molecule has 1 N–H and O–H groups in total. The fourth-order valence-electron chi connectivity index (χ4n) is 3.34. The van der Waals surface area contributed by atoms with Crippen LogP contribution in [0.3, 0.4) is 0 Å². The quantitative estimate of drug-likeness (QED) is 0.520. The van der Waals surface area contributed by atoms with Crippen molar-refractivity contribution in [3.8, 4) is 11.5 Å². The van der Waals surface area contributed by atoms with E-state index in [9.17, 15) is 13.2 Å². The number of hydrogen-bond donors (Lipinski definition) is 1. The highest BCUT2D eigenvalue weighted by Gasteiger charge is 2.23. The van der Waals surface area contributed by atoms with Gasteiger partial charge in [0, 0.05) is 56.1 Å². The molecule has 1 aliphatic rings. The summed E-state index contributed by atoms with van der Waals surface area (Å²) in [7, 11) is 0.814. The molecule has 0 saturated carbocycles. The van der Waals surface area contributed by atoms with Crippen LogP contribution in [0.2, 0.25) is 0 Å². The predicted octanol–water partition coefficient (Wildman–Crippen LogP) is 3.01. The maximum atomic E-state index is 13.1. The number of ether oxygens (including phenoxy) is 2. The lowest BCUT2D eigenvalue weighted by molar-refractivity contribution is 0.0784. The topological polar surface area (TPSA) is 101 Å². The Morgan fingerprint density at radius 2 is 2.00 bits per heavy atom. The van der Waals surface area contributed by atoms with Gasteiger partial charge in [-0.05, 0) is 24.3 Å². The van der Waals surface area contributed by atoms with E-state index < -0.39 is 10.0 Å². The number of para-hydroxylation sites is 1. The van der Waals surface area contributed by atoms with Gasteiger partial charge in [-0.1, -0.05) is 12.1 Å². The average molecular weight is 489 g/mol. The third-order valence-electron chi connectivity index (χ3n) is 5.10. The van der Waals surface area contributed by atoms with Gasteiger partial charge in [0.15, 0.2) is 11.5 Å². The van der Waals surface area contributed by atoms with E-state index in [1.807, 2.05) is 23.6 Å². The summed E-state index contributed by atoms with van der Waals surface area (Å²) in [6.45, 7) is 0.852. The van der Waals surface area contributed by atoms with Gasteiger partial charge in [0.1, 0.15) is 5.01 Å².